The number of carbonyl (C=O) groups is 3. The third kappa shape index (κ3) is 9.23. The van der Waals surface area contributed by atoms with Gasteiger partial charge < -0.3 is 35.4 Å². The van der Waals surface area contributed by atoms with Crippen molar-refractivity contribution in [3.05, 3.63) is 35.9 Å². The summed E-state index contributed by atoms with van der Waals surface area (Å²) in [5, 5.41) is 13.7. The molecule has 0 unspecified atom stereocenters. The average Bonchev–Trinajstić information content (AvgIpc) is 3.49. The maximum absolute atomic E-state index is 13.8. The smallest absolute Gasteiger partial charge is 0.239 e. The number of likely N-dealkylation sites (tertiary alicyclic amines) is 1. The van der Waals surface area contributed by atoms with Crippen LogP contribution in [0.3, 0.4) is 0 Å². The van der Waals surface area contributed by atoms with Crippen LogP contribution in [0.25, 0.3) is 0 Å². The van der Waals surface area contributed by atoms with Crippen LogP contribution in [0.4, 0.5) is 0 Å². The number of ether oxygens (including phenoxy) is 2. The lowest BCUT2D eigenvalue weighted by molar-refractivity contribution is -0.146. The van der Waals surface area contributed by atoms with Gasteiger partial charge in [0.05, 0.1) is 54.8 Å². The van der Waals surface area contributed by atoms with Gasteiger partial charge in [-0.3, -0.25) is 14.4 Å². The molecule has 1 heterocycles. The molecule has 10 nitrogen and oxygen atoms in total. The van der Waals surface area contributed by atoms with Crippen LogP contribution in [-0.2, 0) is 23.9 Å². The molecule has 9 atom stereocenters. The number of nitrogens with zero attached hydrogens (tertiary/aromatic N) is 2. The number of benzene rings is 1. The molecule has 3 amide bonds. The van der Waals surface area contributed by atoms with Crippen molar-refractivity contribution in [2.75, 3.05) is 27.8 Å². The number of hydrogen-bond acceptors (Lipinski definition) is 7. The first kappa shape index (κ1) is 36.7. The van der Waals surface area contributed by atoms with Crippen molar-refractivity contribution in [2.45, 2.75) is 110 Å². The number of rotatable bonds is 16. The summed E-state index contributed by atoms with van der Waals surface area (Å²) in [5.41, 5.74) is 6.93. The van der Waals surface area contributed by atoms with Gasteiger partial charge in [0.2, 0.25) is 17.7 Å². The molecule has 1 aliphatic heterocycles. The van der Waals surface area contributed by atoms with E-state index in [1.54, 1.807) is 40.0 Å². The van der Waals surface area contributed by atoms with E-state index in [9.17, 15) is 19.5 Å². The number of likely N-dealkylation sites (N-methyl/N-ethyl adjacent to an activating group) is 1. The molecule has 4 N–H and O–H groups in total. The number of nitrogens with one attached hydrogen (secondary N) is 1. The van der Waals surface area contributed by atoms with E-state index in [1.807, 2.05) is 49.1 Å². The van der Waals surface area contributed by atoms with E-state index < -0.39 is 36.3 Å². The number of amides is 3. The minimum atomic E-state index is -0.854. The molecule has 1 aliphatic rings. The van der Waals surface area contributed by atoms with Crippen LogP contribution < -0.4 is 11.1 Å². The molecular formula is C33H56N4O6. The molecule has 0 saturated carbocycles. The van der Waals surface area contributed by atoms with Gasteiger partial charge in [-0.1, -0.05) is 71.4 Å². The minimum Gasteiger partial charge on any atom is -0.386 e. The summed E-state index contributed by atoms with van der Waals surface area (Å²) >= 11 is 0. The largest absolute Gasteiger partial charge is 0.386 e. The highest BCUT2D eigenvalue weighted by atomic mass is 16.5. The second kappa shape index (κ2) is 17.1. The fraction of sp³-hybridized carbons (Fsp3) is 0.727. The predicted molar refractivity (Wildman–Crippen MR) is 168 cm³/mol. The maximum atomic E-state index is 13.8. The number of aliphatic hydroxyl groups excluding tert-OH is 1. The topological polar surface area (TPSA) is 134 Å². The second-order valence-electron chi connectivity index (χ2n) is 12.5. The summed E-state index contributed by atoms with van der Waals surface area (Å²) in [7, 11) is 4.88. The van der Waals surface area contributed by atoms with E-state index >= 15 is 0 Å². The molecule has 0 aliphatic carbocycles. The van der Waals surface area contributed by atoms with Gasteiger partial charge in [-0.25, -0.2) is 0 Å². The van der Waals surface area contributed by atoms with Crippen molar-refractivity contribution in [1.82, 2.24) is 15.1 Å². The molecule has 0 spiro atoms. The fourth-order valence-corrected chi connectivity index (χ4v) is 6.20. The van der Waals surface area contributed by atoms with Gasteiger partial charge in [-0.2, -0.15) is 0 Å². The van der Waals surface area contributed by atoms with Gasteiger partial charge >= 0.3 is 0 Å². The van der Waals surface area contributed by atoms with Crippen molar-refractivity contribution in [3.8, 4) is 0 Å². The van der Waals surface area contributed by atoms with Gasteiger partial charge in [0.1, 0.15) is 0 Å². The number of carbonyl (C=O) groups excluding carboxylic acids is 3. The van der Waals surface area contributed by atoms with Gasteiger partial charge in [0.15, 0.2) is 0 Å². The van der Waals surface area contributed by atoms with E-state index in [2.05, 4.69) is 19.2 Å². The molecule has 43 heavy (non-hydrogen) atoms. The summed E-state index contributed by atoms with van der Waals surface area (Å²) in [6.07, 6.45) is 0.474. The van der Waals surface area contributed by atoms with Crippen molar-refractivity contribution in [3.63, 3.8) is 0 Å². The molecule has 10 heteroatoms. The van der Waals surface area contributed by atoms with Crippen LogP contribution in [0, 0.1) is 17.8 Å². The Morgan fingerprint density at radius 2 is 1.72 bits per heavy atom. The van der Waals surface area contributed by atoms with Gasteiger partial charge in [-0.15, -0.1) is 0 Å². The highest BCUT2D eigenvalue weighted by molar-refractivity contribution is 5.83. The lowest BCUT2D eigenvalue weighted by Gasteiger charge is -2.40. The number of methoxy groups -OCH3 is 2. The molecule has 0 radical (unpaired) electrons. The Bertz CT molecular complexity index is 1020. The summed E-state index contributed by atoms with van der Waals surface area (Å²) < 4.78 is 11.7. The van der Waals surface area contributed by atoms with E-state index in [0.717, 1.165) is 18.4 Å². The van der Waals surface area contributed by atoms with Crippen LogP contribution in [0.1, 0.15) is 78.9 Å². The van der Waals surface area contributed by atoms with Crippen LogP contribution in [0.5, 0.6) is 0 Å². The van der Waals surface area contributed by atoms with Crippen LogP contribution in [0.15, 0.2) is 30.3 Å². The van der Waals surface area contributed by atoms with Crippen molar-refractivity contribution >= 4 is 17.7 Å². The van der Waals surface area contributed by atoms with E-state index in [-0.39, 0.29) is 48.1 Å². The van der Waals surface area contributed by atoms with E-state index in [4.69, 9.17) is 15.2 Å². The highest BCUT2D eigenvalue weighted by Crippen LogP contribution is 2.30. The SMILES string of the molecule is CC[C@H](C)[C@@H]([C@H](CC(=O)N1CCC[C@H]1[C@H](OC)[C@@H](C)C(=O)N[C@H](C)[C@H](O)c1ccccc1)OC)N(C)C(=O)[C@@H](N)C(C)C. The van der Waals surface area contributed by atoms with Crippen molar-refractivity contribution in [1.29, 1.82) is 0 Å². The number of hydrogen-bond donors (Lipinski definition) is 3. The molecule has 1 aromatic rings. The first-order valence-electron chi connectivity index (χ1n) is 15.7. The molecule has 244 valence electrons. The van der Waals surface area contributed by atoms with Crippen LogP contribution >= 0.6 is 0 Å². The second-order valence-corrected chi connectivity index (χ2v) is 12.5. The van der Waals surface area contributed by atoms with E-state index in [1.165, 1.54) is 0 Å². The molecule has 1 saturated heterocycles. The summed E-state index contributed by atoms with van der Waals surface area (Å²) in [6, 6.07) is 7.43. The standard InChI is InChI=1S/C33H56N4O6/c1-10-21(4)29(36(7)33(41)28(34)20(2)3)26(42-8)19-27(38)37-18-14-17-25(37)31(43-9)22(5)32(40)35-23(6)30(39)24-15-12-11-13-16-24/h11-13,15-16,20-23,25-26,28-31,39H,10,14,17-19,34H2,1-9H3,(H,35,40)/t21-,22+,23+,25-,26-,28-,29-,30-,31+/m0/s1. The molecular weight excluding hydrogens is 548 g/mol. The predicted octanol–water partition coefficient (Wildman–Crippen LogP) is 3.13. The zero-order valence-corrected chi connectivity index (χ0v) is 27.7. The Kier molecular flexibility index (Phi) is 14.6. The Morgan fingerprint density at radius 1 is 1.09 bits per heavy atom. The molecule has 1 fully saturated rings. The quantitative estimate of drug-likeness (QED) is 0.264. The Labute approximate surface area is 258 Å². The third-order valence-electron chi connectivity index (χ3n) is 9.25. The zero-order valence-electron chi connectivity index (χ0n) is 27.7. The fourth-order valence-electron chi connectivity index (χ4n) is 6.20. The van der Waals surface area contributed by atoms with Crippen LogP contribution in [-0.4, -0.2) is 96.8 Å². The highest BCUT2D eigenvalue weighted by Gasteiger charge is 2.42. The Hall–Kier alpha value is -2.53. The van der Waals surface area contributed by atoms with Crippen molar-refractivity contribution < 1.29 is 29.0 Å². The van der Waals surface area contributed by atoms with E-state index in [0.29, 0.717) is 13.0 Å². The third-order valence-corrected chi connectivity index (χ3v) is 9.25. The molecule has 1 aromatic carbocycles. The minimum absolute atomic E-state index is 0.0183. The lowest BCUT2D eigenvalue weighted by Crippen LogP contribution is -2.56. The molecule has 0 bridgehead atoms. The number of nitrogens with two attached hydrogens (primary N) is 1. The first-order chi connectivity index (χ1) is 20.3. The monoisotopic (exact) mass is 604 g/mol. The Morgan fingerprint density at radius 3 is 2.26 bits per heavy atom. The molecule has 0 aromatic heterocycles. The van der Waals surface area contributed by atoms with Gasteiger partial charge in [0.25, 0.3) is 0 Å². The molecule has 2 rings (SSSR count). The van der Waals surface area contributed by atoms with Gasteiger partial charge in [0, 0.05) is 27.8 Å². The Balaban J connectivity index is 2.17. The maximum Gasteiger partial charge on any atom is 0.239 e. The average molecular weight is 605 g/mol. The lowest BCUT2D eigenvalue weighted by atomic mass is 9.89. The number of aliphatic hydroxyl groups is 1. The zero-order chi connectivity index (χ0) is 32.4. The van der Waals surface area contributed by atoms with Gasteiger partial charge in [-0.05, 0) is 37.2 Å². The van der Waals surface area contributed by atoms with Crippen LogP contribution in [0.2, 0.25) is 0 Å². The summed E-state index contributed by atoms with van der Waals surface area (Å²) in [4.78, 5) is 43.8. The summed E-state index contributed by atoms with van der Waals surface area (Å²) in [6.45, 7) is 12.1. The van der Waals surface area contributed by atoms with Crippen molar-refractivity contribution in [2.24, 2.45) is 23.5 Å². The summed E-state index contributed by atoms with van der Waals surface area (Å²) in [5.74, 6) is -1.03. The first-order valence-corrected chi connectivity index (χ1v) is 15.7. The normalized spacial score (nSPS) is 20.9.